The van der Waals surface area contributed by atoms with Crippen molar-refractivity contribution >= 4 is 11.6 Å². The molecule has 3 nitrogen and oxygen atoms in total. The zero-order valence-electron chi connectivity index (χ0n) is 14.5. The Labute approximate surface area is 135 Å². The van der Waals surface area contributed by atoms with Gasteiger partial charge in [0.05, 0.1) is 6.54 Å². The molecule has 0 aliphatic heterocycles. The number of hydrogen-bond acceptors (Lipinski definition) is 2. The maximum atomic E-state index is 12.5. The lowest BCUT2D eigenvalue weighted by Crippen LogP contribution is -2.35. The van der Waals surface area contributed by atoms with Gasteiger partial charge in [-0.25, -0.2) is 0 Å². The summed E-state index contributed by atoms with van der Waals surface area (Å²) in [5.74, 6) is 1.35. The number of carbonyl (C=O) groups excluding carboxylic acids is 1. The summed E-state index contributed by atoms with van der Waals surface area (Å²) in [5, 5.41) is 3.16. The molecule has 1 N–H and O–H groups in total. The number of carbonyl (C=O) groups is 1. The number of amides is 1. The lowest BCUT2D eigenvalue weighted by atomic mass is 9.98. The molecule has 1 saturated carbocycles. The van der Waals surface area contributed by atoms with Crippen LogP contribution in [0.15, 0.2) is 18.2 Å². The number of aryl methyl sites for hydroxylation is 1. The molecule has 1 amide bonds. The molecule has 0 unspecified atom stereocenters. The van der Waals surface area contributed by atoms with Crippen LogP contribution < -0.4 is 5.32 Å². The Morgan fingerprint density at radius 2 is 2.09 bits per heavy atom. The highest BCUT2D eigenvalue weighted by Crippen LogP contribution is 2.30. The molecule has 122 valence electrons. The van der Waals surface area contributed by atoms with Crippen molar-refractivity contribution in [3.05, 3.63) is 29.3 Å². The number of hydrogen-bond donors (Lipinski definition) is 1. The topological polar surface area (TPSA) is 32.3 Å². The summed E-state index contributed by atoms with van der Waals surface area (Å²) in [6.45, 7) is 11.2. The predicted molar refractivity (Wildman–Crippen MR) is 93.4 cm³/mol. The first kappa shape index (κ1) is 17.0. The Kier molecular flexibility index (Phi) is 6.01. The van der Waals surface area contributed by atoms with Gasteiger partial charge in [-0.2, -0.15) is 0 Å². The molecule has 1 aromatic carbocycles. The highest BCUT2D eigenvalue weighted by molar-refractivity contribution is 5.93. The van der Waals surface area contributed by atoms with E-state index in [1.807, 2.05) is 0 Å². The quantitative estimate of drug-likeness (QED) is 0.781. The Bertz CT molecular complexity index is 506. The van der Waals surface area contributed by atoms with Gasteiger partial charge in [0, 0.05) is 12.2 Å². The monoisotopic (exact) mass is 302 g/mol. The lowest BCUT2D eigenvalue weighted by Gasteiger charge is -2.22. The second-order valence-corrected chi connectivity index (χ2v) is 6.92. The van der Waals surface area contributed by atoms with E-state index < -0.39 is 0 Å². The van der Waals surface area contributed by atoms with Crippen molar-refractivity contribution in [2.24, 2.45) is 5.92 Å². The van der Waals surface area contributed by atoms with Crippen LogP contribution in [0.25, 0.3) is 0 Å². The molecule has 0 heterocycles. The molecule has 1 aliphatic carbocycles. The van der Waals surface area contributed by atoms with Crippen molar-refractivity contribution in [1.29, 1.82) is 0 Å². The first-order chi connectivity index (χ1) is 10.5. The van der Waals surface area contributed by atoms with Crippen molar-refractivity contribution in [1.82, 2.24) is 4.90 Å². The van der Waals surface area contributed by atoms with Crippen LogP contribution in [-0.4, -0.2) is 30.4 Å². The first-order valence-corrected chi connectivity index (χ1v) is 8.63. The average molecular weight is 302 g/mol. The van der Waals surface area contributed by atoms with Crippen LogP contribution in [0, 0.1) is 12.8 Å². The second kappa shape index (κ2) is 7.77. The molecule has 0 saturated heterocycles. The zero-order valence-corrected chi connectivity index (χ0v) is 14.5. The number of para-hydroxylation sites is 1. The molecule has 1 aromatic rings. The van der Waals surface area contributed by atoms with Gasteiger partial charge in [0.1, 0.15) is 0 Å². The van der Waals surface area contributed by atoms with Gasteiger partial charge in [-0.3, -0.25) is 9.69 Å². The van der Waals surface area contributed by atoms with E-state index >= 15 is 0 Å². The molecule has 0 aromatic heterocycles. The zero-order chi connectivity index (χ0) is 16.1. The SMILES string of the molecule is CCCN(CC(=O)Nc1c(C)cccc1C(C)C)CC1CC1. The van der Waals surface area contributed by atoms with Crippen LogP contribution in [-0.2, 0) is 4.79 Å². The van der Waals surface area contributed by atoms with Crippen LogP contribution >= 0.6 is 0 Å². The van der Waals surface area contributed by atoms with Crippen LogP contribution in [0.5, 0.6) is 0 Å². The van der Waals surface area contributed by atoms with Gasteiger partial charge in [-0.15, -0.1) is 0 Å². The second-order valence-electron chi connectivity index (χ2n) is 6.92. The molecular weight excluding hydrogens is 272 g/mol. The van der Waals surface area contributed by atoms with Gasteiger partial charge in [0.2, 0.25) is 5.91 Å². The lowest BCUT2D eigenvalue weighted by molar-refractivity contribution is -0.117. The minimum absolute atomic E-state index is 0.116. The fourth-order valence-electron chi connectivity index (χ4n) is 2.94. The van der Waals surface area contributed by atoms with Crippen molar-refractivity contribution in [3.63, 3.8) is 0 Å². The van der Waals surface area contributed by atoms with E-state index in [-0.39, 0.29) is 5.91 Å². The van der Waals surface area contributed by atoms with Crippen LogP contribution in [0.3, 0.4) is 0 Å². The van der Waals surface area contributed by atoms with E-state index in [1.54, 1.807) is 0 Å². The molecule has 3 heteroatoms. The Hall–Kier alpha value is -1.35. The number of nitrogens with one attached hydrogen (secondary N) is 1. The van der Waals surface area contributed by atoms with Crippen molar-refractivity contribution < 1.29 is 4.79 Å². The summed E-state index contributed by atoms with van der Waals surface area (Å²) < 4.78 is 0. The van der Waals surface area contributed by atoms with Crippen LogP contribution in [0.2, 0.25) is 0 Å². The average Bonchev–Trinajstić information content (AvgIpc) is 3.25. The van der Waals surface area contributed by atoms with E-state index in [0.29, 0.717) is 12.5 Å². The molecule has 1 aliphatic rings. The summed E-state index contributed by atoms with van der Waals surface area (Å²) in [6.07, 6.45) is 3.76. The molecule has 2 rings (SSSR count). The molecule has 22 heavy (non-hydrogen) atoms. The molecule has 0 radical (unpaired) electrons. The molecule has 1 fully saturated rings. The summed E-state index contributed by atoms with van der Waals surface area (Å²) in [7, 11) is 0. The molecule has 0 spiro atoms. The van der Waals surface area contributed by atoms with Gasteiger partial charge in [0.15, 0.2) is 0 Å². The van der Waals surface area contributed by atoms with Gasteiger partial charge >= 0.3 is 0 Å². The first-order valence-electron chi connectivity index (χ1n) is 8.63. The van der Waals surface area contributed by atoms with E-state index in [2.05, 4.69) is 56.1 Å². The third-order valence-electron chi connectivity index (χ3n) is 4.31. The highest BCUT2D eigenvalue weighted by atomic mass is 16.2. The van der Waals surface area contributed by atoms with E-state index in [4.69, 9.17) is 0 Å². The fraction of sp³-hybridized carbons (Fsp3) is 0.632. The Morgan fingerprint density at radius 3 is 2.68 bits per heavy atom. The number of anilines is 1. The number of nitrogens with zero attached hydrogens (tertiary/aromatic N) is 1. The Morgan fingerprint density at radius 1 is 1.36 bits per heavy atom. The minimum Gasteiger partial charge on any atom is -0.324 e. The van der Waals surface area contributed by atoms with Crippen molar-refractivity contribution in [3.8, 4) is 0 Å². The normalized spacial score (nSPS) is 14.6. The number of benzene rings is 1. The van der Waals surface area contributed by atoms with E-state index in [1.165, 1.54) is 18.4 Å². The van der Waals surface area contributed by atoms with E-state index in [0.717, 1.165) is 36.7 Å². The number of rotatable bonds is 8. The maximum absolute atomic E-state index is 12.5. The van der Waals surface area contributed by atoms with Gasteiger partial charge in [0.25, 0.3) is 0 Å². The third kappa shape index (κ3) is 4.84. The summed E-state index contributed by atoms with van der Waals surface area (Å²) in [4.78, 5) is 14.8. The summed E-state index contributed by atoms with van der Waals surface area (Å²) in [6, 6.07) is 6.24. The standard InChI is InChI=1S/C19H30N2O/c1-5-11-21(12-16-9-10-16)13-18(22)20-19-15(4)7-6-8-17(19)14(2)3/h6-8,14,16H,5,9-13H2,1-4H3,(H,20,22). The van der Waals surface area contributed by atoms with Crippen LogP contribution in [0.1, 0.15) is 57.1 Å². The molecule has 0 bridgehead atoms. The van der Waals surface area contributed by atoms with Gasteiger partial charge in [-0.05, 0) is 55.7 Å². The summed E-state index contributed by atoms with van der Waals surface area (Å²) in [5.41, 5.74) is 3.37. The van der Waals surface area contributed by atoms with Gasteiger partial charge < -0.3 is 5.32 Å². The van der Waals surface area contributed by atoms with Gasteiger partial charge in [-0.1, -0.05) is 39.0 Å². The molecule has 0 atom stereocenters. The predicted octanol–water partition coefficient (Wildman–Crippen LogP) is 4.18. The Balaban J connectivity index is 2.01. The molecular formula is C19H30N2O. The van der Waals surface area contributed by atoms with Crippen molar-refractivity contribution in [2.45, 2.75) is 52.9 Å². The third-order valence-corrected chi connectivity index (χ3v) is 4.31. The van der Waals surface area contributed by atoms with Crippen LogP contribution in [0.4, 0.5) is 5.69 Å². The maximum Gasteiger partial charge on any atom is 0.238 e. The minimum atomic E-state index is 0.116. The van der Waals surface area contributed by atoms with Crippen molar-refractivity contribution in [2.75, 3.05) is 25.0 Å². The summed E-state index contributed by atoms with van der Waals surface area (Å²) >= 11 is 0. The largest absolute Gasteiger partial charge is 0.324 e. The smallest absolute Gasteiger partial charge is 0.238 e. The fourth-order valence-corrected chi connectivity index (χ4v) is 2.94. The van der Waals surface area contributed by atoms with E-state index in [9.17, 15) is 4.79 Å². The highest BCUT2D eigenvalue weighted by Gasteiger charge is 2.25.